The van der Waals surface area contributed by atoms with Gasteiger partial charge in [-0.15, -0.1) is 0 Å². The molecular formula is C10H16N2O3S. The van der Waals surface area contributed by atoms with E-state index in [1.54, 1.807) is 19.4 Å². The zero-order valence-electron chi connectivity index (χ0n) is 9.64. The highest BCUT2D eigenvalue weighted by Crippen LogP contribution is 2.11. The molecule has 0 aliphatic heterocycles. The third-order valence-corrected chi connectivity index (χ3v) is 2.89. The van der Waals surface area contributed by atoms with Gasteiger partial charge in [0.2, 0.25) is 0 Å². The molecule has 1 aromatic heterocycles. The largest absolute Gasteiger partial charge is 0.389 e. The third-order valence-electron chi connectivity index (χ3n) is 2.17. The monoisotopic (exact) mass is 244 g/mol. The van der Waals surface area contributed by atoms with E-state index in [0.717, 1.165) is 5.69 Å². The van der Waals surface area contributed by atoms with Crippen LogP contribution in [0.1, 0.15) is 16.1 Å². The van der Waals surface area contributed by atoms with Gasteiger partial charge in [-0.2, -0.15) is 4.37 Å². The maximum absolute atomic E-state index is 11.9. The molecule has 0 aliphatic rings. The zero-order chi connectivity index (χ0) is 12.1. The Morgan fingerprint density at radius 1 is 1.75 bits per heavy atom. The van der Waals surface area contributed by atoms with Gasteiger partial charge in [0.1, 0.15) is 0 Å². The molecule has 0 saturated heterocycles. The summed E-state index contributed by atoms with van der Waals surface area (Å²) in [6, 6.07) is 0. The first-order chi connectivity index (χ1) is 7.56. The minimum Gasteiger partial charge on any atom is -0.389 e. The molecule has 0 aromatic carbocycles. The Hall–Kier alpha value is -0.980. The highest BCUT2D eigenvalue weighted by molar-refractivity contribution is 7.03. The number of amides is 1. The molecule has 1 heterocycles. The molecule has 0 fully saturated rings. The molecule has 0 radical (unpaired) electrons. The Kier molecular flexibility index (Phi) is 4.85. The molecule has 0 saturated carbocycles. The molecule has 1 atom stereocenters. The molecule has 16 heavy (non-hydrogen) atoms. The molecule has 1 aromatic rings. The van der Waals surface area contributed by atoms with E-state index in [0.29, 0.717) is 5.56 Å². The summed E-state index contributed by atoms with van der Waals surface area (Å²) in [5.74, 6) is -0.124. The standard InChI is InChI=1S/C10H16N2O3S/c1-7-9(6-16-11-7)10(14)12(2)4-8(13)5-15-3/h6,8,13H,4-5H2,1-3H3. The lowest BCUT2D eigenvalue weighted by molar-refractivity contribution is 0.0380. The number of ether oxygens (including phenoxy) is 1. The number of aryl methyl sites for hydroxylation is 1. The smallest absolute Gasteiger partial charge is 0.256 e. The van der Waals surface area contributed by atoms with Crippen LogP contribution in [0.2, 0.25) is 0 Å². The Morgan fingerprint density at radius 2 is 2.44 bits per heavy atom. The first-order valence-electron chi connectivity index (χ1n) is 4.89. The van der Waals surface area contributed by atoms with Crippen molar-refractivity contribution in [2.24, 2.45) is 0 Å². The topological polar surface area (TPSA) is 62.7 Å². The van der Waals surface area contributed by atoms with Crippen molar-refractivity contribution in [3.63, 3.8) is 0 Å². The number of carbonyl (C=O) groups is 1. The number of aliphatic hydroxyl groups is 1. The van der Waals surface area contributed by atoms with Crippen LogP contribution in [0.5, 0.6) is 0 Å². The molecule has 5 nitrogen and oxygen atoms in total. The molecule has 1 unspecified atom stereocenters. The second-order valence-corrected chi connectivity index (χ2v) is 4.24. The predicted octanol–water partition coefficient (Wildman–Crippen LogP) is 0.531. The Morgan fingerprint density at radius 3 is 2.94 bits per heavy atom. The Labute approximate surface area is 98.8 Å². The second-order valence-electron chi connectivity index (χ2n) is 3.61. The number of likely N-dealkylation sites (N-methyl/N-ethyl adjacent to an activating group) is 1. The fourth-order valence-electron chi connectivity index (χ4n) is 1.35. The lowest BCUT2D eigenvalue weighted by atomic mass is 10.2. The van der Waals surface area contributed by atoms with Crippen LogP contribution in [-0.2, 0) is 4.74 Å². The van der Waals surface area contributed by atoms with Crippen molar-refractivity contribution in [3.8, 4) is 0 Å². The number of hydrogen-bond donors (Lipinski definition) is 1. The van der Waals surface area contributed by atoms with Gasteiger partial charge in [-0.05, 0) is 18.5 Å². The van der Waals surface area contributed by atoms with E-state index >= 15 is 0 Å². The summed E-state index contributed by atoms with van der Waals surface area (Å²) < 4.78 is 8.84. The van der Waals surface area contributed by atoms with Crippen LogP contribution in [0.3, 0.4) is 0 Å². The molecule has 1 amide bonds. The van der Waals surface area contributed by atoms with Gasteiger partial charge in [0, 0.05) is 26.1 Å². The van der Waals surface area contributed by atoms with E-state index in [4.69, 9.17) is 4.74 Å². The first-order valence-corrected chi connectivity index (χ1v) is 5.73. The van der Waals surface area contributed by atoms with Gasteiger partial charge in [0.05, 0.1) is 24.0 Å². The fraction of sp³-hybridized carbons (Fsp3) is 0.600. The number of nitrogens with zero attached hydrogens (tertiary/aromatic N) is 2. The highest BCUT2D eigenvalue weighted by Gasteiger charge is 2.18. The summed E-state index contributed by atoms with van der Waals surface area (Å²) in [7, 11) is 3.16. The van der Waals surface area contributed by atoms with E-state index in [9.17, 15) is 9.90 Å². The minimum atomic E-state index is -0.661. The normalized spacial score (nSPS) is 12.5. The predicted molar refractivity (Wildman–Crippen MR) is 61.7 cm³/mol. The summed E-state index contributed by atoms with van der Waals surface area (Å²) in [6.07, 6.45) is -0.661. The number of hydrogen-bond acceptors (Lipinski definition) is 5. The number of aromatic nitrogens is 1. The average Bonchev–Trinajstić information content (AvgIpc) is 2.63. The maximum Gasteiger partial charge on any atom is 0.256 e. The van der Waals surface area contributed by atoms with Gasteiger partial charge in [0.15, 0.2) is 0 Å². The molecule has 1 rings (SSSR count). The van der Waals surface area contributed by atoms with E-state index in [-0.39, 0.29) is 19.1 Å². The summed E-state index contributed by atoms with van der Waals surface area (Å²) in [5.41, 5.74) is 1.32. The van der Waals surface area contributed by atoms with Crippen LogP contribution in [0.15, 0.2) is 5.38 Å². The van der Waals surface area contributed by atoms with Crippen molar-refractivity contribution in [3.05, 3.63) is 16.6 Å². The number of methoxy groups -OCH3 is 1. The van der Waals surface area contributed by atoms with Crippen LogP contribution < -0.4 is 0 Å². The van der Waals surface area contributed by atoms with E-state index < -0.39 is 6.10 Å². The van der Waals surface area contributed by atoms with E-state index in [1.165, 1.54) is 23.5 Å². The third kappa shape index (κ3) is 3.26. The second kappa shape index (κ2) is 5.93. The van der Waals surface area contributed by atoms with Gasteiger partial charge in [-0.25, -0.2) is 0 Å². The minimum absolute atomic E-state index is 0.124. The van der Waals surface area contributed by atoms with Crippen LogP contribution >= 0.6 is 11.5 Å². The van der Waals surface area contributed by atoms with Crippen molar-refractivity contribution in [1.29, 1.82) is 0 Å². The molecule has 0 bridgehead atoms. The van der Waals surface area contributed by atoms with Crippen molar-refractivity contribution >= 4 is 17.4 Å². The molecule has 1 N–H and O–H groups in total. The van der Waals surface area contributed by atoms with Crippen LogP contribution in [0.4, 0.5) is 0 Å². The van der Waals surface area contributed by atoms with Crippen molar-refractivity contribution < 1.29 is 14.6 Å². The van der Waals surface area contributed by atoms with Gasteiger partial charge in [-0.1, -0.05) is 0 Å². The Balaban J connectivity index is 2.58. The molecule has 0 spiro atoms. The van der Waals surface area contributed by atoms with Gasteiger partial charge in [-0.3, -0.25) is 4.79 Å². The number of carbonyl (C=O) groups excluding carboxylic acids is 1. The van der Waals surface area contributed by atoms with E-state index in [1.807, 2.05) is 0 Å². The number of aliphatic hydroxyl groups excluding tert-OH is 1. The van der Waals surface area contributed by atoms with Gasteiger partial charge >= 0.3 is 0 Å². The lowest BCUT2D eigenvalue weighted by Gasteiger charge is -2.20. The highest BCUT2D eigenvalue weighted by atomic mass is 32.1. The summed E-state index contributed by atoms with van der Waals surface area (Å²) >= 11 is 1.26. The van der Waals surface area contributed by atoms with Gasteiger partial charge < -0.3 is 14.7 Å². The molecule has 0 aliphatic carbocycles. The van der Waals surface area contributed by atoms with Crippen LogP contribution in [0, 0.1) is 6.92 Å². The first kappa shape index (κ1) is 13.1. The average molecular weight is 244 g/mol. The SMILES string of the molecule is COCC(O)CN(C)C(=O)c1csnc1C. The number of rotatable bonds is 5. The summed E-state index contributed by atoms with van der Waals surface area (Å²) in [6.45, 7) is 2.27. The summed E-state index contributed by atoms with van der Waals surface area (Å²) in [4.78, 5) is 13.4. The molecule has 90 valence electrons. The summed E-state index contributed by atoms with van der Waals surface area (Å²) in [5, 5.41) is 11.2. The maximum atomic E-state index is 11.9. The zero-order valence-corrected chi connectivity index (χ0v) is 10.5. The van der Waals surface area contributed by atoms with E-state index in [2.05, 4.69) is 4.37 Å². The Bertz CT molecular complexity index is 354. The van der Waals surface area contributed by atoms with Crippen molar-refractivity contribution in [2.75, 3.05) is 27.3 Å². The van der Waals surface area contributed by atoms with Crippen LogP contribution in [-0.4, -0.2) is 53.7 Å². The van der Waals surface area contributed by atoms with Crippen molar-refractivity contribution in [1.82, 2.24) is 9.27 Å². The van der Waals surface area contributed by atoms with Crippen molar-refractivity contribution in [2.45, 2.75) is 13.0 Å². The fourth-order valence-corrected chi connectivity index (χ4v) is 2.03. The quantitative estimate of drug-likeness (QED) is 0.820. The lowest BCUT2D eigenvalue weighted by Crippen LogP contribution is -2.36. The van der Waals surface area contributed by atoms with Crippen LogP contribution in [0.25, 0.3) is 0 Å². The van der Waals surface area contributed by atoms with Gasteiger partial charge in [0.25, 0.3) is 5.91 Å². The molecule has 6 heteroatoms. The molecular weight excluding hydrogens is 228 g/mol.